The Kier molecular flexibility index (Phi) is 4.80. The van der Waals surface area contributed by atoms with Crippen molar-refractivity contribution in [2.24, 2.45) is 7.05 Å². The van der Waals surface area contributed by atoms with E-state index in [9.17, 15) is 9.59 Å². The number of anilines is 1. The number of carbonyl (C=O) groups is 2. The summed E-state index contributed by atoms with van der Waals surface area (Å²) in [6.07, 6.45) is 3.34. The SMILES string of the molecule is COc1ccc([C@H]2[C@H](C(=O)Nc3cnn(C)c3)c3ccccc3C(=O)N2C)cc1. The highest BCUT2D eigenvalue weighted by atomic mass is 16.5. The molecule has 7 heteroatoms. The van der Waals surface area contributed by atoms with Gasteiger partial charge in [0.15, 0.2) is 0 Å². The lowest BCUT2D eigenvalue weighted by molar-refractivity contribution is -0.119. The smallest absolute Gasteiger partial charge is 0.254 e. The number of hydrogen-bond acceptors (Lipinski definition) is 4. The normalized spacial score (nSPS) is 18.3. The maximum Gasteiger partial charge on any atom is 0.254 e. The number of aromatic nitrogens is 2. The number of methoxy groups -OCH3 is 1. The monoisotopic (exact) mass is 390 g/mol. The van der Waals surface area contributed by atoms with Crippen LogP contribution in [-0.2, 0) is 11.8 Å². The number of likely N-dealkylation sites (N-methyl/N-ethyl adjacent to an activating group) is 1. The highest BCUT2D eigenvalue weighted by Crippen LogP contribution is 2.42. The van der Waals surface area contributed by atoms with Crippen molar-refractivity contribution in [1.29, 1.82) is 0 Å². The molecule has 0 unspecified atom stereocenters. The molecule has 4 rings (SSSR count). The van der Waals surface area contributed by atoms with Gasteiger partial charge in [0, 0.05) is 25.9 Å². The minimum absolute atomic E-state index is 0.105. The van der Waals surface area contributed by atoms with E-state index in [1.165, 1.54) is 0 Å². The number of aryl methyl sites for hydroxylation is 1. The zero-order valence-electron chi connectivity index (χ0n) is 16.5. The molecule has 2 heterocycles. The topological polar surface area (TPSA) is 76.5 Å². The van der Waals surface area contributed by atoms with E-state index in [0.29, 0.717) is 11.3 Å². The second-order valence-corrected chi connectivity index (χ2v) is 7.09. The Morgan fingerprint density at radius 3 is 2.48 bits per heavy atom. The molecule has 0 spiro atoms. The van der Waals surface area contributed by atoms with Crippen LogP contribution in [0.2, 0.25) is 0 Å². The predicted octanol–water partition coefficient (Wildman–Crippen LogP) is 2.98. The molecule has 0 radical (unpaired) electrons. The first-order valence-electron chi connectivity index (χ1n) is 9.29. The maximum atomic E-state index is 13.4. The van der Waals surface area contributed by atoms with E-state index in [4.69, 9.17) is 4.74 Å². The standard InChI is InChI=1S/C22H22N4O3/c1-25-13-15(12-23-25)24-21(27)19-17-6-4-5-7-18(17)22(28)26(2)20(19)14-8-10-16(29-3)11-9-14/h4-13,19-20H,1-3H3,(H,24,27)/t19-,20+/m1/s1. The Balaban J connectivity index is 1.79. The predicted molar refractivity (Wildman–Crippen MR) is 109 cm³/mol. The Bertz CT molecular complexity index is 1060. The van der Waals surface area contributed by atoms with Crippen molar-refractivity contribution in [2.75, 3.05) is 19.5 Å². The van der Waals surface area contributed by atoms with Gasteiger partial charge in [0.1, 0.15) is 5.75 Å². The molecule has 148 valence electrons. The molecule has 0 aliphatic carbocycles. The first kappa shape index (κ1) is 18.7. The first-order chi connectivity index (χ1) is 14.0. The molecular formula is C22H22N4O3. The lowest BCUT2D eigenvalue weighted by Crippen LogP contribution is -2.44. The third-order valence-electron chi connectivity index (χ3n) is 5.29. The number of benzene rings is 2. The summed E-state index contributed by atoms with van der Waals surface area (Å²) in [5.74, 6) is -0.143. The Morgan fingerprint density at radius 1 is 1.10 bits per heavy atom. The summed E-state index contributed by atoms with van der Waals surface area (Å²) in [7, 11) is 5.13. The summed E-state index contributed by atoms with van der Waals surface area (Å²) in [5.41, 5.74) is 2.74. The Morgan fingerprint density at radius 2 is 1.83 bits per heavy atom. The molecule has 0 saturated carbocycles. The third kappa shape index (κ3) is 3.35. The Labute approximate surface area is 168 Å². The lowest BCUT2D eigenvalue weighted by atomic mass is 9.79. The van der Waals surface area contributed by atoms with Gasteiger partial charge in [0.25, 0.3) is 5.91 Å². The van der Waals surface area contributed by atoms with Crippen molar-refractivity contribution in [3.8, 4) is 5.75 Å². The largest absolute Gasteiger partial charge is 0.497 e. The molecule has 1 aliphatic rings. The first-order valence-corrected chi connectivity index (χ1v) is 9.29. The van der Waals surface area contributed by atoms with Crippen molar-refractivity contribution < 1.29 is 14.3 Å². The highest BCUT2D eigenvalue weighted by molar-refractivity contribution is 6.04. The average molecular weight is 390 g/mol. The molecule has 1 aromatic heterocycles. The van der Waals surface area contributed by atoms with Crippen molar-refractivity contribution in [3.63, 3.8) is 0 Å². The number of ether oxygens (including phenoxy) is 1. The van der Waals surface area contributed by atoms with Crippen LogP contribution in [0.4, 0.5) is 5.69 Å². The molecule has 29 heavy (non-hydrogen) atoms. The molecule has 1 N–H and O–H groups in total. The third-order valence-corrected chi connectivity index (χ3v) is 5.29. The molecule has 0 saturated heterocycles. The number of nitrogens with one attached hydrogen (secondary N) is 1. The van der Waals surface area contributed by atoms with Crippen molar-refractivity contribution in [3.05, 3.63) is 77.6 Å². The van der Waals surface area contributed by atoms with Gasteiger partial charge in [-0.25, -0.2) is 0 Å². The average Bonchev–Trinajstić information content (AvgIpc) is 3.15. The van der Waals surface area contributed by atoms with Crippen LogP contribution in [0.5, 0.6) is 5.75 Å². The minimum Gasteiger partial charge on any atom is -0.497 e. The number of carbonyl (C=O) groups excluding carboxylic acids is 2. The summed E-state index contributed by atoms with van der Waals surface area (Å²) < 4.78 is 6.87. The fraction of sp³-hybridized carbons (Fsp3) is 0.227. The number of rotatable bonds is 4. The van der Waals surface area contributed by atoms with Crippen LogP contribution in [0.25, 0.3) is 0 Å². The van der Waals surface area contributed by atoms with Gasteiger partial charge < -0.3 is 15.0 Å². The molecule has 0 bridgehead atoms. The van der Waals surface area contributed by atoms with E-state index in [1.54, 1.807) is 49.2 Å². The van der Waals surface area contributed by atoms with E-state index >= 15 is 0 Å². The number of fused-ring (bicyclic) bond motifs is 1. The van der Waals surface area contributed by atoms with Crippen LogP contribution in [0.1, 0.15) is 33.4 Å². The number of amides is 2. The number of hydrogen-bond donors (Lipinski definition) is 1. The zero-order chi connectivity index (χ0) is 20.5. The van der Waals surface area contributed by atoms with Gasteiger partial charge >= 0.3 is 0 Å². The lowest BCUT2D eigenvalue weighted by Gasteiger charge is -2.39. The summed E-state index contributed by atoms with van der Waals surface area (Å²) in [6, 6.07) is 14.3. The number of nitrogens with zero attached hydrogens (tertiary/aromatic N) is 3. The van der Waals surface area contributed by atoms with E-state index in [2.05, 4.69) is 10.4 Å². The molecule has 2 atom stereocenters. The minimum atomic E-state index is -0.567. The fourth-order valence-electron chi connectivity index (χ4n) is 3.88. The molecule has 2 amide bonds. The molecular weight excluding hydrogens is 368 g/mol. The fourth-order valence-corrected chi connectivity index (χ4v) is 3.88. The molecule has 7 nitrogen and oxygen atoms in total. The van der Waals surface area contributed by atoms with Crippen LogP contribution < -0.4 is 10.1 Å². The van der Waals surface area contributed by atoms with Gasteiger partial charge in [-0.3, -0.25) is 14.3 Å². The van der Waals surface area contributed by atoms with Crippen molar-refractivity contribution in [2.45, 2.75) is 12.0 Å². The van der Waals surface area contributed by atoms with E-state index in [1.807, 2.05) is 42.5 Å². The van der Waals surface area contributed by atoms with E-state index < -0.39 is 12.0 Å². The summed E-state index contributed by atoms with van der Waals surface area (Å²) >= 11 is 0. The van der Waals surface area contributed by atoms with Crippen LogP contribution in [0, 0.1) is 0 Å². The van der Waals surface area contributed by atoms with Gasteiger partial charge in [0.2, 0.25) is 5.91 Å². The van der Waals surface area contributed by atoms with Gasteiger partial charge in [0.05, 0.1) is 31.0 Å². The quantitative estimate of drug-likeness (QED) is 0.743. The van der Waals surface area contributed by atoms with E-state index in [0.717, 1.165) is 16.9 Å². The van der Waals surface area contributed by atoms with Gasteiger partial charge in [-0.15, -0.1) is 0 Å². The zero-order valence-corrected chi connectivity index (χ0v) is 16.5. The summed E-state index contributed by atoms with van der Waals surface area (Å²) in [6.45, 7) is 0. The molecule has 3 aromatic rings. The second kappa shape index (κ2) is 7.43. The second-order valence-electron chi connectivity index (χ2n) is 7.09. The van der Waals surface area contributed by atoms with E-state index in [-0.39, 0.29) is 11.8 Å². The molecule has 1 aliphatic heterocycles. The van der Waals surface area contributed by atoms with Gasteiger partial charge in [-0.2, -0.15) is 5.10 Å². The molecule has 2 aromatic carbocycles. The van der Waals surface area contributed by atoms with Crippen LogP contribution in [0.3, 0.4) is 0 Å². The summed E-state index contributed by atoms with van der Waals surface area (Å²) in [4.78, 5) is 28.0. The van der Waals surface area contributed by atoms with Crippen molar-refractivity contribution in [1.82, 2.24) is 14.7 Å². The highest BCUT2D eigenvalue weighted by Gasteiger charge is 2.42. The van der Waals surface area contributed by atoms with Crippen molar-refractivity contribution >= 4 is 17.5 Å². The maximum absolute atomic E-state index is 13.4. The van der Waals surface area contributed by atoms with Crippen LogP contribution in [-0.4, -0.2) is 40.7 Å². The Hall–Kier alpha value is -3.61. The van der Waals surface area contributed by atoms with Crippen LogP contribution >= 0.6 is 0 Å². The van der Waals surface area contributed by atoms with Crippen LogP contribution in [0.15, 0.2) is 60.9 Å². The summed E-state index contributed by atoms with van der Waals surface area (Å²) in [5, 5.41) is 7.05. The van der Waals surface area contributed by atoms with Gasteiger partial charge in [-0.1, -0.05) is 30.3 Å². The molecule has 0 fully saturated rings. The van der Waals surface area contributed by atoms with Gasteiger partial charge in [-0.05, 0) is 29.3 Å².